The third kappa shape index (κ3) is 2.57. The molecule has 0 aliphatic heterocycles. The standard InChI is InChI=1S/C17H10N2O5/c1-23-14-4-2-3-10(7-14)11-5-12-6-13(9-18)17(20)24-16(12)15(8-11)19(21)22/h2-8H,1H3. The highest BCUT2D eigenvalue weighted by molar-refractivity contribution is 5.91. The van der Waals surface area contributed by atoms with Crippen molar-refractivity contribution in [1.29, 1.82) is 5.26 Å². The van der Waals surface area contributed by atoms with Crippen LogP contribution < -0.4 is 10.4 Å². The molecule has 0 spiro atoms. The lowest BCUT2D eigenvalue weighted by Gasteiger charge is -2.07. The van der Waals surface area contributed by atoms with Crippen molar-refractivity contribution >= 4 is 16.7 Å². The van der Waals surface area contributed by atoms with Crippen LogP contribution in [0.3, 0.4) is 0 Å². The lowest BCUT2D eigenvalue weighted by Crippen LogP contribution is -2.04. The van der Waals surface area contributed by atoms with E-state index in [1.54, 1.807) is 36.4 Å². The molecule has 0 unspecified atom stereocenters. The lowest BCUT2D eigenvalue weighted by molar-refractivity contribution is -0.383. The Balaban J connectivity index is 2.34. The van der Waals surface area contributed by atoms with Crippen molar-refractivity contribution in [3.05, 3.63) is 68.6 Å². The number of ether oxygens (including phenoxy) is 1. The molecule has 118 valence electrons. The molecule has 1 aromatic heterocycles. The van der Waals surface area contributed by atoms with Crippen LogP contribution in [-0.2, 0) is 0 Å². The summed E-state index contributed by atoms with van der Waals surface area (Å²) < 4.78 is 10.1. The Morgan fingerprint density at radius 3 is 2.67 bits per heavy atom. The average Bonchev–Trinajstić information content (AvgIpc) is 2.60. The van der Waals surface area contributed by atoms with Gasteiger partial charge in [0.05, 0.1) is 12.0 Å². The molecule has 0 saturated carbocycles. The fourth-order valence-corrected chi connectivity index (χ4v) is 2.40. The average molecular weight is 322 g/mol. The Hall–Kier alpha value is -3.66. The van der Waals surface area contributed by atoms with Gasteiger partial charge in [-0.1, -0.05) is 12.1 Å². The molecule has 0 aliphatic rings. The van der Waals surface area contributed by atoms with Crippen LogP contribution in [0.1, 0.15) is 5.56 Å². The smallest absolute Gasteiger partial charge is 0.354 e. The van der Waals surface area contributed by atoms with E-state index >= 15 is 0 Å². The van der Waals surface area contributed by atoms with Gasteiger partial charge in [0.25, 0.3) is 0 Å². The van der Waals surface area contributed by atoms with Crippen molar-refractivity contribution in [2.45, 2.75) is 0 Å². The largest absolute Gasteiger partial charge is 0.497 e. The fourth-order valence-electron chi connectivity index (χ4n) is 2.40. The first-order valence-electron chi connectivity index (χ1n) is 6.84. The minimum atomic E-state index is -0.901. The third-order valence-electron chi connectivity index (χ3n) is 3.53. The second-order valence-corrected chi connectivity index (χ2v) is 4.96. The van der Waals surface area contributed by atoms with E-state index < -0.39 is 10.5 Å². The molecule has 2 aromatic carbocycles. The number of fused-ring (bicyclic) bond motifs is 1. The van der Waals surface area contributed by atoms with Gasteiger partial charge in [-0.3, -0.25) is 10.1 Å². The zero-order valence-electron chi connectivity index (χ0n) is 12.5. The summed E-state index contributed by atoms with van der Waals surface area (Å²) in [7, 11) is 1.52. The number of nitriles is 1. The maximum Gasteiger partial charge on any atom is 0.354 e. The quantitative estimate of drug-likeness (QED) is 0.416. The highest BCUT2D eigenvalue weighted by atomic mass is 16.6. The number of nitrogens with zero attached hydrogens (tertiary/aromatic N) is 2. The van der Waals surface area contributed by atoms with Crippen molar-refractivity contribution in [2.75, 3.05) is 7.11 Å². The SMILES string of the molecule is COc1cccc(-c2cc([N+](=O)[O-])c3oc(=O)c(C#N)cc3c2)c1. The molecule has 0 aliphatic carbocycles. The summed E-state index contributed by atoms with van der Waals surface area (Å²) in [5, 5.41) is 20.6. The first-order valence-corrected chi connectivity index (χ1v) is 6.84. The Labute approximate surface area is 135 Å². The first kappa shape index (κ1) is 15.2. The van der Waals surface area contributed by atoms with Crippen molar-refractivity contribution in [3.8, 4) is 22.9 Å². The van der Waals surface area contributed by atoms with Gasteiger partial charge in [-0.2, -0.15) is 5.26 Å². The number of nitro benzene ring substituents is 1. The Morgan fingerprint density at radius 1 is 1.21 bits per heavy atom. The summed E-state index contributed by atoms with van der Waals surface area (Å²) in [4.78, 5) is 22.4. The zero-order chi connectivity index (χ0) is 17.3. The van der Waals surface area contributed by atoms with Gasteiger partial charge in [0.2, 0.25) is 5.58 Å². The molecule has 7 nitrogen and oxygen atoms in total. The number of non-ortho nitro benzene ring substituents is 1. The maximum absolute atomic E-state index is 11.6. The number of methoxy groups -OCH3 is 1. The van der Waals surface area contributed by atoms with E-state index in [1.165, 1.54) is 19.2 Å². The lowest BCUT2D eigenvalue weighted by atomic mass is 10.0. The van der Waals surface area contributed by atoms with E-state index in [1.807, 2.05) is 0 Å². The van der Waals surface area contributed by atoms with Gasteiger partial charge in [-0.05, 0) is 35.4 Å². The molecule has 7 heteroatoms. The van der Waals surface area contributed by atoms with E-state index in [0.29, 0.717) is 22.3 Å². The van der Waals surface area contributed by atoms with E-state index in [4.69, 9.17) is 14.4 Å². The van der Waals surface area contributed by atoms with Crippen LogP contribution in [0.5, 0.6) is 5.75 Å². The molecule has 1 heterocycles. The molecule has 0 N–H and O–H groups in total. The normalized spacial score (nSPS) is 10.3. The van der Waals surface area contributed by atoms with Gasteiger partial charge in [0, 0.05) is 11.5 Å². The van der Waals surface area contributed by atoms with Crippen LogP contribution >= 0.6 is 0 Å². The summed E-state index contributed by atoms with van der Waals surface area (Å²) in [6, 6.07) is 13.0. The monoisotopic (exact) mass is 322 g/mol. The summed E-state index contributed by atoms with van der Waals surface area (Å²) in [5.74, 6) is 0.604. The predicted octanol–water partition coefficient (Wildman–Crippen LogP) is 3.25. The molecule has 0 bridgehead atoms. The van der Waals surface area contributed by atoms with Gasteiger partial charge in [-0.15, -0.1) is 0 Å². The molecular formula is C17H10N2O5. The van der Waals surface area contributed by atoms with E-state index in [2.05, 4.69) is 0 Å². The first-order chi connectivity index (χ1) is 11.5. The molecule has 3 rings (SSSR count). The molecule has 0 saturated heterocycles. The molecule has 3 aromatic rings. The van der Waals surface area contributed by atoms with E-state index in [9.17, 15) is 14.9 Å². The van der Waals surface area contributed by atoms with Gasteiger partial charge in [-0.25, -0.2) is 4.79 Å². The van der Waals surface area contributed by atoms with Crippen molar-refractivity contribution in [3.63, 3.8) is 0 Å². The molecule has 24 heavy (non-hydrogen) atoms. The van der Waals surface area contributed by atoms with Crippen molar-refractivity contribution in [2.24, 2.45) is 0 Å². The summed E-state index contributed by atoms with van der Waals surface area (Å²) >= 11 is 0. The van der Waals surface area contributed by atoms with Crippen LogP contribution in [-0.4, -0.2) is 12.0 Å². The highest BCUT2D eigenvalue weighted by Crippen LogP contribution is 2.33. The van der Waals surface area contributed by atoms with Gasteiger partial charge >= 0.3 is 11.3 Å². The summed E-state index contributed by atoms with van der Waals surface area (Å²) in [6.45, 7) is 0. The molecule has 0 amide bonds. The molecular weight excluding hydrogens is 312 g/mol. The predicted molar refractivity (Wildman–Crippen MR) is 85.8 cm³/mol. The number of hydrogen-bond acceptors (Lipinski definition) is 6. The number of benzene rings is 2. The summed E-state index contributed by atoms with van der Waals surface area (Å²) in [5.41, 5.74) is -0.362. The van der Waals surface area contributed by atoms with Gasteiger partial charge in [0.1, 0.15) is 17.4 Å². The van der Waals surface area contributed by atoms with Gasteiger partial charge < -0.3 is 9.15 Å². The van der Waals surface area contributed by atoms with E-state index in [-0.39, 0.29) is 16.8 Å². The van der Waals surface area contributed by atoms with Gasteiger partial charge in [0.15, 0.2) is 0 Å². The number of hydrogen-bond donors (Lipinski definition) is 0. The maximum atomic E-state index is 11.6. The van der Waals surface area contributed by atoms with Crippen LogP contribution in [0.4, 0.5) is 5.69 Å². The third-order valence-corrected chi connectivity index (χ3v) is 3.53. The second-order valence-electron chi connectivity index (χ2n) is 4.96. The van der Waals surface area contributed by atoms with Crippen LogP contribution in [0.2, 0.25) is 0 Å². The minimum absolute atomic E-state index is 0.157. The zero-order valence-corrected chi connectivity index (χ0v) is 12.5. The molecule has 0 atom stereocenters. The van der Waals surface area contributed by atoms with Crippen molar-refractivity contribution in [1.82, 2.24) is 0 Å². The highest BCUT2D eigenvalue weighted by Gasteiger charge is 2.19. The van der Waals surface area contributed by atoms with E-state index in [0.717, 1.165) is 0 Å². The van der Waals surface area contributed by atoms with Crippen LogP contribution in [0.15, 0.2) is 51.7 Å². The van der Waals surface area contributed by atoms with Crippen LogP contribution in [0.25, 0.3) is 22.1 Å². The Kier molecular flexibility index (Phi) is 3.72. The van der Waals surface area contributed by atoms with Crippen molar-refractivity contribution < 1.29 is 14.1 Å². The number of nitro groups is 1. The fraction of sp³-hybridized carbons (Fsp3) is 0.0588. The molecule has 0 radical (unpaired) electrons. The topological polar surface area (TPSA) is 106 Å². The summed E-state index contributed by atoms with van der Waals surface area (Å²) in [6.07, 6.45) is 0. The number of rotatable bonds is 3. The van der Waals surface area contributed by atoms with Crippen LogP contribution in [0, 0.1) is 21.4 Å². The second kappa shape index (κ2) is 5.85. The Morgan fingerprint density at radius 2 is 2.00 bits per heavy atom. The Bertz CT molecular complexity index is 1060. The minimum Gasteiger partial charge on any atom is -0.497 e. The molecule has 0 fully saturated rings.